The standard InChI is InChI=1S/C19H18Cl2N2O3/c20-14-6-7-15(16(21)10-14)19(25)22-11-18(24)23-8-9-26-17(12-23)13-4-2-1-3-5-13/h1-7,10,17H,8-9,11-12H2,(H,22,25). The van der Waals surface area contributed by atoms with E-state index in [9.17, 15) is 9.59 Å². The Morgan fingerprint density at radius 2 is 1.92 bits per heavy atom. The highest BCUT2D eigenvalue weighted by Gasteiger charge is 2.25. The lowest BCUT2D eigenvalue weighted by atomic mass is 10.1. The van der Waals surface area contributed by atoms with Crippen LogP contribution < -0.4 is 5.32 Å². The van der Waals surface area contributed by atoms with Gasteiger partial charge in [0, 0.05) is 11.6 Å². The summed E-state index contributed by atoms with van der Waals surface area (Å²) in [6.45, 7) is 1.32. The van der Waals surface area contributed by atoms with Crippen LogP contribution in [-0.2, 0) is 9.53 Å². The average Bonchev–Trinajstić information content (AvgIpc) is 2.66. The zero-order valence-electron chi connectivity index (χ0n) is 14.0. The fraction of sp³-hybridized carbons (Fsp3) is 0.263. The molecule has 1 aliphatic rings. The molecule has 0 spiro atoms. The number of morpholine rings is 1. The Bertz CT molecular complexity index is 799. The molecule has 2 amide bonds. The molecule has 0 bridgehead atoms. The zero-order valence-corrected chi connectivity index (χ0v) is 15.5. The third-order valence-electron chi connectivity index (χ3n) is 4.17. The lowest BCUT2D eigenvalue weighted by Crippen LogP contribution is -2.46. The van der Waals surface area contributed by atoms with Crippen LogP contribution >= 0.6 is 23.2 Å². The van der Waals surface area contributed by atoms with E-state index in [1.807, 2.05) is 30.3 Å². The van der Waals surface area contributed by atoms with Crippen LogP contribution in [-0.4, -0.2) is 43.0 Å². The Labute approximate surface area is 161 Å². The summed E-state index contributed by atoms with van der Waals surface area (Å²) >= 11 is 11.8. The smallest absolute Gasteiger partial charge is 0.253 e. The van der Waals surface area contributed by atoms with E-state index in [4.69, 9.17) is 27.9 Å². The number of benzene rings is 2. The van der Waals surface area contributed by atoms with Gasteiger partial charge in [0.25, 0.3) is 5.91 Å². The van der Waals surface area contributed by atoms with Gasteiger partial charge in [0.15, 0.2) is 0 Å². The fourth-order valence-electron chi connectivity index (χ4n) is 2.78. The number of nitrogens with one attached hydrogen (secondary N) is 1. The molecule has 3 rings (SSSR count). The van der Waals surface area contributed by atoms with E-state index < -0.39 is 5.91 Å². The molecule has 1 saturated heterocycles. The van der Waals surface area contributed by atoms with Gasteiger partial charge in [-0.3, -0.25) is 9.59 Å². The minimum atomic E-state index is -0.409. The Morgan fingerprint density at radius 3 is 2.65 bits per heavy atom. The van der Waals surface area contributed by atoms with Gasteiger partial charge in [0.2, 0.25) is 5.91 Å². The number of halogens is 2. The van der Waals surface area contributed by atoms with E-state index in [-0.39, 0.29) is 29.1 Å². The predicted molar refractivity (Wildman–Crippen MR) is 101 cm³/mol. The maximum Gasteiger partial charge on any atom is 0.253 e. The van der Waals surface area contributed by atoms with Crippen LogP contribution in [0.5, 0.6) is 0 Å². The van der Waals surface area contributed by atoms with Crippen LogP contribution in [0.2, 0.25) is 10.0 Å². The van der Waals surface area contributed by atoms with Gasteiger partial charge in [-0.1, -0.05) is 53.5 Å². The third-order valence-corrected chi connectivity index (χ3v) is 4.71. The van der Waals surface area contributed by atoms with E-state index >= 15 is 0 Å². The van der Waals surface area contributed by atoms with E-state index in [0.717, 1.165) is 5.56 Å². The summed E-state index contributed by atoms with van der Waals surface area (Å²) in [7, 11) is 0. The maximum atomic E-state index is 12.5. The molecule has 1 aliphatic heterocycles. The molecule has 26 heavy (non-hydrogen) atoms. The molecule has 2 aromatic rings. The molecule has 1 atom stereocenters. The van der Waals surface area contributed by atoms with Crippen molar-refractivity contribution < 1.29 is 14.3 Å². The van der Waals surface area contributed by atoms with Crippen molar-refractivity contribution in [1.29, 1.82) is 0 Å². The molecule has 1 heterocycles. The van der Waals surface area contributed by atoms with Crippen LogP contribution in [0.15, 0.2) is 48.5 Å². The third kappa shape index (κ3) is 4.55. The van der Waals surface area contributed by atoms with Crippen molar-refractivity contribution in [3.8, 4) is 0 Å². The number of hydrogen-bond acceptors (Lipinski definition) is 3. The Morgan fingerprint density at radius 1 is 1.15 bits per heavy atom. The monoisotopic (exact) mass is 392 g/mol. The largest absolute Gasteiger partial charge is 0.370 e. The molecular weight excluding hydrogens is 375 g/mol. The normalized spacial score (nSPS) is 17.0. The maximum absolute atomic E-state index is 12.5. The van der Waals surface area contributed by atoms with Gasteiger partial charge >= 0.3 is 0 Å². The van der Waals surface area contributed by atoms with Gasteiger partial charge < -0.3 is 15.0 Å². The first-order chi connectivity index (χ1) is 12.5. The quantitative estimate of drug-likeness (QED) is 0.867. The Kier molecular flexibility index (Phi) is 6.14. The first kappa shape index (κ1) is 18.7. The second kappa shape index (κ2) is 8.54. The lowest BCUT2D eigenvalue weighted by molar-refractivity contribution is -0.137. The Balaban J connectivity index is 1.57. The van der Waals surface area contributed by atoms with Crippen molar-refractivity contribution >= 4 is 35.0 Å². The second-order valence-corrected chi connectivity index (χ2v) is 6.76. The topological polar surface area (TPSA) is 58.6 Å². The summed E-state index contributed by atoms with van der Waals surface area (Å²) < 4.78 is 5.76. The van der Waals surface area contributed by atoms with Crippen molar-refractivity contribution in [1.82, 2.24) is 10.2 Å². The summed E-state index contributed by atoms with van der Waals surface area (Å²) in [5.41, 5.74) is 1.31. The summed E-state index contributed by atoms with van der Waals surface area (Å²) in [6, 6.07) is 14.4. The highest BCUT2D eigenvalue weighted by Crippen LogP contribution is 2.22. The first-order valence-corrected chi connectivity index (χ1v) is 8.98. The van der Waals surface area contributed by atoms with E-state index in [2.05, 4.69) is 5.32 Å². The van der Waals surface area contributed by atoms with Crippen molar-refractivity contribution in [2.24, 2.45) is 0 Å². The van der Waals surface area contributed by atoms with E-state index in [1.165, 1.54) is 12.1 Å². The fourth-order valence-corrected chi connectivity index (χ4v) is 3.28. The molecule has 5 nitrogen and oxygen atoms in total. The lowest BCUT2D eigenvalue weighted by Gasteiger charge is -2.33. The predicted octanol–water partition coefficient (Wildman–Crippen LogP) is 3.32. The van der Waals surface area contributed by atoms with Crippen molar-refractivity contribution in [2.45, 2.75) is 6.10 Å². The van der Waals surface area contributed by atoms with Crippen molar-refractivity contribution in [2.75, 3.05) is 26.2 Å². The summed E-state index contributed by atoms with van der Waals surface area (Å²) in [5, 5.41) is 3.31. The summed E-state index contributed by atoms with van der Waals surface area (Å²) in [4.78, 5) is 26.4. The van der Waals surface area contributed by atoms with Crippen LogP contribution in [0.4, 0.5) is 0 Å². The SMILES string of the molecule is O=C(NCC(=O)N1CCOC(c2ccccc2)C1)c1ccc(Cl)cc1Cl. The van der Waals surface area contributed by atoms with Gasteiger partial charge in [0.05, 0.1) is 30.3 Å². The summed E-state index contributed by atoms with van der Waals surface area (Å²) in [6.07, 6.45) is -0.157. The highest BCUT2D eigenvalue weighted by atomic mass is 35.5. The zero-order chi connectivity index (χ0) is 18.5. The van der Waals surface area contributed by atoms with Gasteiger partial charge in [-0.2, -0.15) is 0 Å². The summed E-state index contributed by atoms with van der Waals surface area (Å²) in [5.74, 6) is -0.569. The molecule has 7 heteroatoms. The van der Waals surface area contributed by atoms with E-state index in [0.29, 0.717) is 24.7 Å². The van der Waals surface area contributed by atoms with Gasteiger partial charge in [0.1, 0.15) is 6.10 Å². The van der Waals surface area contributed by atoms with Gasteiger partial charge in [-0.15, -0.1) is 0 Å². The molecule has 2 aromatic carbocycles. The molecule has 1 fully saturated rings. The van der Waals surface area contributed by atoms with Crippen LogP contribution in [0, 0.1) is 0 Å². The second-order valence-electron chi connectivity index (χ2n) is 5.92. The Hall–Kier alpha value is -2.08. The number of nitrogens with zero attached hydrogens (tertiary/aromatic N) is 1. The van der Waals surface area contributed by atoms with Crippen molar-refractivity contribution in [3.05, 3.63) is 69.7 Å². The first-order valence-electron chi connectivity index (χ1n) is 8.22. The molecule has 0 saturated carbocycles. The minimum absolute atomic E-state index is 0.0979. The molecule has 0 radical (unpaired) electrons. The molecule has 1 N–H and O–H groups in total. The van der Waals surface area contributed by atoms with Gasteiger partial charge in [-0.05, 0) is 23.8 Å². The van der Waals surface area contributed by atoms with Crippen LogP contribution in [0.25, 0.3) is 0 Å². The molecular formula is C19H18Cl2N2O3. The van der Waals surface area contributed by atoms with E-state index in [1.54, 1.807) is 11.0 Å². The number of ether oxygens (including phenoxy) is 1. The number of carbonyl (C=O) groups excluding carboxylic acids is 2. The minimum Gasteiger partial charge on any atom is -0.370 e. The van der Waals surface area contributed by atoms with Crippen LogP contribution in [0.1, 0.15) is 22.0 Å². The molecule has 1 unspecified atom stereocenters. The number of amides is 2. The number of hydrogen-bond donors (Lipinski definition) is 1. The molecule has 0 aromatic heterocycles. The molecule has 0 aliphatic carbocycles. The van der Waals surface area contributed by atoms with Crippen LogP contribution in [0.3, 0.4) is 0 Å². The number of rotatable bonds is 4. The number of carbonyl (C=O) groups is 2. The highest BCUT2D eigenvalue weighted by molar-refractivity contribution is 6.36. The average molecular weight is 393 g/mol. The van der Waals surface area contributed by atoms with Gasteiger partial charge in [-0.25, -0.2) is 0 Å². The van der Waals surface area contributed by atoms with Crippen molar-refractivity contribution in [3.63, 3.8) is 0 Å². The molecule has 136 valence electrons.